The van der Waals surface area contributed by atoms with Crippen molar-refractivity contribution in [2.24, 2.45) is 11.3 Å². The Morgan fingerprint density at radius 2 is 1.52 bits per heavy atom. The van der Waals surface area contributed by atoms with Gasteiger partial charge in [-0.15, -0.1) is 0 Å². The summed E-state index contributed by atoms with van der Waals surface area (Å²) in [6, 6.07) is 17.0. The molecule has 0 unspecified atom stereocenters. The number of aromatic nitrogens is 2. The zero-order chi connectivity index (χ0) is 35.9. The minimum Gasteiger partial charge on any atom is -0.507 e. The Morgan fingerprint density at radius 1 is 0.865 bits per heavy atom. The Balaban J connectivity index is 0.758. The van der Waals surface area contributed by atoms with Gasteiger partial charge in [0.25, 0.3) is 5.91 Å². The number of methoxy groups -OCH3 is 1. The number of hydrogen-bond donors (Lipinski definition) is 1. The molecule has 0 bridgehead atoms. The van der Waals surface area contributed by atoms with Crippen LogP contribution in [0.4, 0.5) is 17.1 Å². The molecule has 5 fully saturated rings. The quantitative estimate of drug-likeness (QED) is 0.322. The van der Waals surface area contributed by atoms with Crippen molar-refractivity contribution in [1.82, 2.24) is 20.0 Å². The average molecular weight is 708 g/mol. The van der Waals surface area contributed by atoms with Crippen molar-refractivity contribution in [2.75, 3.05) is 80.7 Å². The first-order chi connectivity index (χ1) is 25.2. The van der Waals surface area contributed by atoms with Crippen LogP contribution in [0.25, 0.3) is 11.3 Å². The van der Waals surface area contributed by atoms with Crippen molar-refractivity contribution < 1.29 is 24.2 Å². The van der Waals surface area contributed by atoms with Gasteiger partial charge < -0.3 is 29.4 Å². The van der Waals surface area contributed by atoms with E-state index in [1.54, 1.807) is 25.4 Å². The maximum atomic E-state index is 13.8. The third kappa shape index (κ3) is 6.62. The monoisotopic (exact) mass is 707 g/mol. The molecule has 0 saturated carbocycles. The van der Waals surface area contributed by atoms with E-state index in [1.165, 1.54) is 11.3 Å². The Morgan fingerprint density at radius 3 is 2.19 bits per heavy atom. The molecular weight excluding hydrogens is 658 g/mol. The summed E-state index contributed by atoms with van der Waals surface area (Å²) in [7, 11) is 1.67. The summed E-state index contributed by atoms with van der Waals surface area (Å²) >= 11 is 0. The largest absolute Gasteiger partial charge is 0.507 e. The number of phenolic OH excluding ortho intramolecular Hbond substituents is 1. The van der Waals surface area contributed by atoms with E-state index in [0.29, 0.717) is 68.1 Å². The maximum absolute atomic E-state index is 13.8. The number of benzene rings is 2. The molecule has 274 valence electrons. The molecule has 5 aliphatic heterocycles. The number of likely N-dealkylation sites (tertiary alicyclic amines) is 2. The summed E-state index contributed by atoms with van der Waals surface area (Å²) in [5.74, 6) is 0.800. The summed E-state index contributed by atoms with van der Waals surface area (Å²) in [5, 5.41) is 18.7. The number of nitrogens with zero attached hydrogens (tertiary/aromatic N) is 7. The molecule has 1 spiro atoms. The normalized spacial score (nSPS) is 22.0. The van der Waals surface area contributed by atoms with Crippen LogP contribution in [0, 0.1) is 11.3 Å². The van der Waals surface area contributed by atoms with Gasteiger partial charge in [0, 0.05) is 102 Å². The summed E-state index contributed by atoms with van der Waals surface area (Å²) in [6.07, 6.45) is 8.01. The van der Waals surface area contributed by atoms with Gasteiger partial charge >= 0.3 is 0 Å². The molecule has 1 aromatic heterocycles. The number of rotatable bonds is 9. The van der Waals surface area contributed by atoms with Gasteiger partial charge in [0.15, 0.2) is 0 Å². The fraction of sp³-hybridized carbons (Fsp3) is 0.525. The molecule has 5 saturated heterocycles. The highest BCUT2D eigenvalue weighted by molar-refractivity contribution is 6.16. The Hall–Kier alpha value is -4.55. The lowest BCUT2D eigenvalue weighted by Gasteiger charge is -2.61. The average Bonchev–Trinajstić information content (AvgIpc) is 3.14. The van der Waals surface area contributed by atoms with E-state index in [4.69, 9.17) is 4.74 Å². The first-order valence-electron chi connectivity index (χ1n) is 18.9. The molecule has 0 aliphatic carbocycles. The molecule has 6 heterocycles. The molecule has 12 heteroatoms. The lowest BCUT2D eigenvalue weighted by Crippen LogP contribution is -2.75. The number of hydrogen-bond acceptors (Lipinski definition) is 10. The second kappa shape index (κ2) is 14.1. The third-order valence-electron chi connectivity index (χ3n) is 12.2. The van der Waals surface area contributed by atoms with Gasteiger partial charge in [0.2, 0.25) is 11.8 Å². The standard InChI is InChI=1S/C40H49N7O5/c1-52-40(16-21-45(22-17-40)32-23-34(42-41-24-32)33-5-2-3-6-35(33)48)38(51)46-27-39(28-46)25-43(26-39)18-13-29-14-19-44(20-15-29)30-9-11-31(12-10-30)47-36(49)7-4-8-37(47)50/h2-3,5-6,9-12,23-24,29,48H,4,7-8,13-22,25-28H2,1H3. The van der Waals surface area contributed by atoms with Crippen LogP contribution < -0.4 is 14.7 Å². The van der Waals surface area contributed by atoms with E-state index in [1.807, 2.05) is 47.4 Å². The van der Waals surface area contributed by atoms with Crippen molar-refractivity contribution in [2.45, 2.75) is 57.0 Å². The molecule has 2 aromatic carbocycles. The molecule has 12 nitrogen and oxygen atoms in total. The maximum Gasteiger partial charge on any atom is 0.254 e. The fourth-order valence-corrected chi connectivity index (χ4v) is 9.14. The van der Waals surface area contributed by atoms with Crippen molar-refractivity contribution in [1.29, 1.82) is 0 Å². The van der Waals surface area contributed by atoms with Crippen LogP contribution in [0.15, 0.2) is 60.8 Å². The number of carbonyl (C=O) groups excluding carboxylic acids is 3. The number of anilines is 3. The predicted molar refractivity (Wildman–Crippen MR) is 198 cm³/mol. The molecular formula is C40H49N7O5. The Kier molecular flexibility index (Phi) is 9.37. The molecule has 8 rings (SSSR count). The number of imide groups is 1. The minimum atomic E-state index is -0.801. The molecule has 3 amide bonds. The van der Waals surface area contributed by atoms with Crippen LogP contribution in [0.3, 0.4) is 0 Å². The summed E-state index contributed by atoms with van der Waals surface area (Å²) in [5.41, 5.74) is 3.44. The number of amides is 3. The van der Waals surface area contributed by atoms with Crippen LogP contribution in [0.2, 0.25) is 0 Å². The lowest BCUT2D eigenvalue weighted by atomic mass is 9.71. The molecule has 1 N–H and O–H groups in total. The first kappa shape index (κ1) is 34.5. The number of aromatic hydroxyl groups is 1. The number of phenols is 1. The summed E-state index contributed by atoms with van der Waals surface area (Å²) in [6.45, 7) is 8.24. The summed E-state index contributed by atoms with van der Waals surface area (Å²) < 4.78 is 5.99. The van der Waals surface area contributed by atoms with Gasteiger partial charge in [0.1, 0.15) is 11.4 Å². The highest BCUT2D eigenvalue weighted by atomic mass is 16.5. The highest BCUT2D eigenvalue weighted by Gasteiger charge is 2.56. The number of carbonyl (C=O) groups is 3. The van der Waals surface area contributed by atoms with Crippen molar-refractivity contribution in [3.8, 4) is 17.0 Å². The van der Waals surface area contributed by atoms with Gasteiger partial charge in [-0.05, 0) is 80.6 Å². The van der Waals surface area contributed by atoms with Crippen molar-refractivity contribution in [3.63, 3.8) is 0 Å². The van der Waals surface area contributed by atoms with E-state index in [-0.39, 0.29) is 28.9 Å². The number of ether oxygens (including phenoxy) is 1. The van der Waals surface area contributed by atoms with Crippen molar-refractivity contribution >= 4 is 34.8 Å². The van der Waals surface area contributed by atoms with E-state index < -0.39 is 5.60 Å². The van der Waals surface area contributed by atoms with Crippen LogP contribution in [-0.4, -0.2) is 114 Å². The first-order valence-corrected chi connectivity index (χ1v) is 18.9. The lowest BCUT2D eigenvalue weighted by molar-refractivity contribution is -0.182. The van der Waals surface area contributed by atoms with Gasteiger partial charge in [-0.3, -0.25) is 19.3 Å². The number of piperidine rings is 3. The molecule has 0 radical (unpaired) electrons. The molecule has 0 atom stereocenters. The molecule has 5 aliphatic rings. The molecule has 3 aromatic rings. The van der Waals surface area contributed by atoms with Crippen LogP contribution in [-0.2, 0) is 19.1 Å². The van der Waals surface area contributed by atoms with Gasteiger partial charge in [0.05, 0.1) is 23.3 Å². The smallest absolute Gasteiger partial charge is 0.254 e. The van der Waals surface area contributed by atoms with Crippen LogP contribution >= 0.6 is 0 Å². The van der Waals surface area contributed by atoms with Gasteiger partial charge in [-0.25, -0.2) is 0 Å². The van der Waals surface area contributed by atoms with E-state index >= 15 is 0 Å². The van der Waals surface area contributed by atoms with E-state index in [0.717, 1.165) is 70.0 Å². The predicted octanol–water partition coefficient (Wildman–Crippen LogP) is 4.33. The van der Waals surface area contributed by atoms with Gasteiger partial charge in [-0.2, -0.15) is 10.2 Å². The SMILES string of the molecule is COC1(C(=O)N2CC3(CN(CCC4CCN(c5ccc(N6C(=O)CCCC6=O)cc5)CC4)C3)C2)CCN(c2cnnc(-c3ccccc3O)c2)CC1. The topological polar surface area (TPSA) is 123 Å². The second-order valence-corrected chi connectivity index (χ2v) is 15.6. The van der Waals surface area contributed by atoms with Crippen LogP contribution in [0.1, 0.15) is 51.4 Å². The fourth-order valence-electron chi connectivity index (χ4n) is 9.14. The summed E-state index contributed by atoms with van der Waals surface area (Å²) in [4.78, 5) is 49.0. The second-order valence-electron chi connectivity index (χ2n) is 15.6. The number of para-hydroxylation sites is 1. The zero-order valence-electron chi connectivity index (χ0n) is 30.1. The Bertz CT molecular complexity index is 1770. The van der Waals surface area contributed by atoms with E-state index in [2.05, 4.69) is 24.9 Å². The third-order valence-corrected chi connectivity index (χ3v) is 12.2. The van der Waals surface area contributed by atoms with E-state index in [9.17, 15) is 19.5 Å². The van der Waals surface area contributed by atoms with Gasteiger partial charge in [-0.1, -0.05) is 12.1 Å². The van der Waals surface area contributed by atoms with Crippen LogP contribution in [0.5, 0.6) is 5.75 Å². The minimum absolute atomic E-state index is 0.101. The van der Waals surface area contributed by atoms with Crippen molar-refractivity contribution in [3.05, 3.63) is 60.8 Å². The highest BCUT2D eigenvalue weighted by Crippen LogP contribution is 2.43. The zero-order valence-corrected chi connectivity index (χ0v) is 30.1. The Labute approximate surface area is 305 Å². The molecule has 52 heavy (non-hydrogen) atoms.